The van der Waals surface area contributed by atoms with Crippen LogP contribution in [0.2, 0.25) is 10.0 Å². The number of ether oxygens (including phenoxy) is 1. The Kier molecular flexibility index (Phi) is 5.91. The van der Waals surface area contributed by atoms with Crippen LogP contribution in [0.4, 0.5) is 0 Å². The van der Waals surface area contributed by atoms with E-state index in [1.54, 1.807) is 18.2 Å². The molecule has 0 aliphatic carbocycles. The van der Waals surface area contributed by atoms with Gasteiger partial charge in [0.2, 0.25) is 10.0 Å². The molecule has 2 atom stereocenters. The van der Waals surface area contributed by atoms with Gasteiger partial charge in [-0.2, -0.15) is 0 Å². The summed E-state index contributed by atoms with van der Waals surface area (Å²) in [5.74, 6) is -0.864. The number of nitrogens with zero attached hydrogens (tertiary/aromatic N) is 1. The van der Waals surface area contributed by atoms with Crippen molar-refractivity contribution < 1.29 is 17.9 Å². The summed E-state index contributed by atoms with van der Waals surface area (Å²) in [6.45, 7) is 0.524. The predicted octanol–water partition coefficient (Wildman–Crippen LogP) is 1.63. The molecule has 128 valence electrons. The smallest absolute Gasteiger partial charge is 0.254 e. The second-order valence-corrected chi connectivity index (χ2v) is 8.58. The summed E-state index contributed by atoms with van der Waals surface area (Å²) in [7, 11) is -0.432. The molecule has 9 heteroatoms. The fraction of sp³-hybridized carbons (Fsp3) is 0.500. The molecule has 1 N–H and O–H groups in total. The van der Waals surface area contributed by atoms with Crippen LogP contribution in [-0.4, -0.2) is 57.7 Å². The molecule has 2 rings (SSSR count). The number of amides is 1. The van der Waals surface area contributed by atoms with E-state index in [1.807, 2.05) is 0 Å². The molecular weight excluding hydrogens is 363 g/mol. The quantitative estimate of drug-likeness (QED) is 0.841. The summed E-state index contributed by atoms with van der Waals surface area (Å²) < 4.78 is 30.5. The minimum atomic E-state index is -3.38. The molecule has 6 nitrogen and oxygen atoms in total. The Balaban J connectivity index is 2.11. The molecule has 0 aromatic heterocycles. The summed E-state index contributed by atoms with van der Waals surface area (Å²) >= 11 is 12.0. The molecule has 0 saturated carbocycles. The molecule has 1 fully saturated rings. The molecule has 1 saturated heterocycles. The summed E-state index contributed by atoms with van der Waals surface area (Å²) in [6, 6.07) is 4.37. The van der Waals surface area contributed by atoms with Gasteiger partial charge in [-0.05, 0) is 12.1 Å². The first-order valence-electron chi connectivity index (χ1n) is 6.95. The van der Waals surface area contributed by atoms with E-state index in [9.17, 15) is 13.2 Å². The molecule has 0 unspecified atom stereocenters. The van der Waals surface area contributed by atoms with Crippen LogP contribution in [0.15, 0.2) is 18.2 Å². The highest BCUT2D eigenvalue weighted by Crippen LogP contribution is 2.25. The molecule has 0 radical (unpaired) electrons. The van der Waals surface area contributed by atoms with Crippen molar-refractivity contribution in [2.45, 2.75) is 6.04 Å². The van der Waals surface area contributed by atoms with Gasteiger partial charge in [0.25, 0.3) is 5.91 Å². The third-order valence-electron chi connectivity index (χ3n) is 3.69. The van der Waals surface area contributed by atoms with Gasteiger partial charge in [0.05, 0.1) is 40.6 Å². The van der Waals surface area contributed by atoms with E-state index in [2.05, 4.69) is 5.32 Å². The van der Waals surface area contributed by atoms with Crippen LogP contribution in [-0.2, 0) is 14.8 Å². The van der Waals surface area contributed by atoms with E-state index in [1.165, 1.54) is 14.1 Å². The monoisotopic (exact) mass is 380 g/mol. The van der Waals surface area contributed by atoms with Gasteiger partial charge in [0.1, 0.15) is 0 Å². The lowest BCUT2D eigenvalue weighted by Gasteiger charge is -2.21. The minimum absolute atomic E-state index is 0.0960. The van der Waals surface area contributed by atoms with Gasteiger partial charge in [0.15, 0.2) is 0 Å². The number of halogens is 2. The van der Waals surface area contributed by atoms with Crippen molar-refractivity contribution in [3.8, 4) is 0 Å². The summed E-state index contributed by atoms with van der Waals surface area (Å²) in [5.41, 5.74) is 0.178. The zero-order chi connectivity index (χ0) is 17.2. The van der Waals surface area contributed by atoms with Crippen LogP contribution in [0, 0.1) is 5.92 Å². The van der Waals surface area contributed by atoms with Crippen molar-refractivity contribution >= 4 is 39.1 Å². The second kappa shape index (κ2) is 7.36. The third-order valence-corrected chi connectivity index (χ3v) is 6.28. The van der Waals surface area contributed by atoms with Crippen molar-refractivity contribution in [2.75, 3.05) is 33.1 Å². The van der Waals surface area contributed by atoms with E-state index in [0.29, 0.717) is 0 Å². The molecule has 1 amide bonds. The van der Waals surface area contributed by atoms with Crippen molar-refractivity contribution in [1.29, 1.82) is 0 Å². The number of rotatable bonds is 5. The van der Waals surface area contributed by atoms with Crippen LogP contribution in [0.5, 0.6) is 0 Å². The molecule has 1 heterocycles. The number of benzene rings is 1. The average Bonchev–Trinajstić information content (AvgIpc) is 2.84. The first kappa shape index (κ1) is 18.5. The van der Waals surface area contributed by atoms with Gasteiger partial charge in [-0.3, -0.25) is 4.79 Å². The van der Waals surface area contributed by atoms with Gasteiger partial charge in [-0.25, -0.2) is 12.7 Å². The maximum absolute atomic E-state index is 12.4. The van der Waals surface area contributed by atoms with Crippen molar-refractivity contribution in [3.63, 3.8) is 0 Å². The molecule has 1 aliphatic rings. The summed E-state index contributed by atoms with van der Waals surface area (Å²) in [5, 5.41) is 3.26. The fourth-order valence-corrected chi connectivity index (χ4v) is 4.03. The first-order chi connectivity index (χ1) is 10.7. The predicted molar refractivity (Wildman–Crippen MR) is 89.5 cm³/mol. The summed E-state index contributed by atoms with van der Waals surface area (Å²) in [6.07, 6.45) is 0. The highest BCUT2D eigenvalue weighted by molar-refractivity contribution is 7.89. The van der Waals surface area contributed by atoms with Gasteiger partial charge >= 0.3 is 0 Å². The highest BCUT2D eigenvalue weighted by atomic mass is 35.5. The van der Waals surface area contributed by atoms with Crippen LogP contribution in [0.1, 0.15) is 10.4 Å². The number of sulfonamides is 1. The van der Waals surface area contributed by atoms with E-state index in [4.69, 9.17) is 27.9 Å². The van der Waals surface area contributed by atoms with Crippen molar-refractivity contribution in [3.05, 3.63) is 33.8 Å². The lowest BCUT2D eigenvalue weighted by Crippen LogP contribution is -2.43. The van der Waals surface area contributed by atoms with Crippen LogP contribution < -0.4 is 5.32 Å². The molecule has 0 spiro atoms. The van der Waals surface area contributed by atoms with Crippen molar-refractivity contribution in [1.82, 2.24) is 9.62 Å². The normalized spacial score (nSPS) is 21.6. The third kappa shape index (κ3) is 4.36. The highest BCUT2D eigenvalue weighted by Gasteiger charge is 2.34. The number of carbonyl (C=O) groups is 1. The van der Waals surface area contributed by atoms with E-state index in [-0.39, 0.29) is 40.5 Å². The molecular formula is C14H18Cl2N2O4S. The topological polar surface area (TPSA) is 75.7 Å². The van der Waals surface area contributed by atoms with Crippen LogP contribution in [0.3, 0.4) is 0 Å². The van der Waals surface area contributed by atoms with Gasteiger partial charge in [-0.1, -0.05) is 29.3 Å². The lowest BCUT2D eigenvalue weighted by molar-refractivity contribution is 0.0926. The molecule has 1 aromatic rings. The second-order valence-electron chi connectivity index (χ2n) is 5.54. The van der Waals surface area contributed by atoms with E-state index in [0.717, 1.165) is 4.31 Å². The zero-order valence-electron chi connectivity index (χ0n) is 12.8. The van der Waals surface area contributed by atoms with Gasteiger partial charge in [-0.15, -0.1) is 0 Å². The number of nitrogens with one attached hydrogen (secondary N) is 1. The maximum atomic E-state index is 12.4. The number of carbonyl (C=O) groups excluding carboxylic acids is 1. The van der Waals surface area contributed by atoms with E-state index >= 15 is 0 Å². The molecule has 1 aliphatic heterocycles. The summed E-state index contributed by atoms with van der Waals surface area (Å²) in [4.78, 5) is 12.4. The molecule has 0 bridgehead atoms. The number of hydrogen-bond donors (Lipinski definition) is 1. The van der Waals surface area contributed by atoms with Gasteiger partial charge in [0, 0.05) is 20.0 Å². The SMILES string of the molecule is CN(C)S(=O)(=O)C[C@@H]1COC[C@@H]1NC(=O)c1c(Cl)cccc1Cl. The first-order valence-corrected chi connectivity index (χ1v) is 9.31. The Bertz CT molecular complexity index is 674. The zero-order valence-corrected chi connectivity index (χ0v) is 15.1. The largest absolute Gasteiger partial charge is 0.379 e. The Morgan fingerprint density at radius 2 is 1.91 bits per heavy atom. The molecule has 1 aromatic carbocycles. The Hall–Kier alpha value is -0.860. The van der Waals surface area contributed by atoms with Gasteiger partial charge < -0.3 is 10.1 Å². The Labute approximate surface area is 145 Å². The lowest BCUT2D eigenvalue weighted by atomic mass is 10.1. The Morgan fingerprint density at radius 1 is 1.30 bits per heavy atom. The maximum Gasteiger partial charge on any atom is 0.254 e. The average molecular weight is 381 g/mol. The minimum Gasteiger partial charge on any atom is -0.379 e. The number of hydrogen-bond acceptors (Lipinski definition) is 4. The van der Waals surface area contributed by atoms with Crippen molar-refractivity contribution in [2.24, 2.45) is 5.92 Å². The Morgan fingerprint density at radius 3 is 2.48 bits per heavy atom. The van der Waals surface area contributed by atoms with Crippen LogP contribution in [0.25, 0.3) is 0 Å². The molecule has 23 heavy (non-hydrogen) atoms. The van der Waals surface area contributed by atoms with Crippen LogP contribution >= 0.6 is 23.2 Å². The van der Waals surface area contributed by atoms with E-state index < -0.39 is 22.0 Å². The standard InChI is InChI=1S/C14H18Cl2N2O4S/c1-18(2)23(20,21)8-9-6-22-7-12(9)17-14(19)13-10(15)4-3-5-11(13)16/h3-5,9,12H,6-8H2,1-2H3,(H,17,19)/t9-,12-/m0/s1. The fourth-order valence-electron chi connectivity index (χ4n) is 2.30.